The Morgan fingerprint density at radius 2 is 1.88 bits per heavy atom. The molecule has 0 bridgehead atoms. The predicted molar refractivity (Wildman–Crippen MR) is 123 cm³/mol. The molecule has 0 aliphatic carbocycles. The molecule has 2 rings (SSSR count). The normalized spacial score (nSPS) is 13.7. The van der Waals surface area contributed by atoms with Crippen LogP contribution >= 0.6 is 12.2 Å². The summed E-state index contributed by atoms with van der Waals surface area (Å²) in [7, 11) is 3.00. The zero-order valence-electron chi connectivity index (χ0n) is 18.8. The smallest absolute Gasteiger partial charge is 0.338 e. The van der Waals surface area contributed by atoms with Crippen LogP contribution in [0.2, 0.25) is 0 Å². The van der Waals surface area contributed by atoms with Gasteiger partial charge in [-0.05, 0) is 49.7 Å². The molecule has 0 aromatic heterocycles. The van der Waals surface area contributed by atoms with Gasteiger partial charge in [-0.3, -0.25) is 9.10 Å². The maximum atomic E-state index is 13.2. The number of amides is 1. The first kappa shape index (κ1) is 26.6. The van der Waals surface area contributed by atoms with Gasteiger partial charge in [0.2, 0.25) is 0 Å². The Morgan fingerprint density at radius 1 is 1.24 bits per heavy atom. The molecule has 1 unspecified atom stereocenters. The number of ether oxygens (including phenoxy) is 1. The average molecular weight is 482 g/mol. The Kier molecular flexibility index (Phi) is 9.62. The van der Waals surface area contributed by atoms with E-state index in [2.05, 4.69) is 10.2 Å². The van der Waals surface area contributed by atoms with Crippen LogP contribution in [0.3, 0.4) is 0 Å². The molecular weight excluding hydrogens is 453 g/mol. The summed E-state index contributed by atoms with van der Waals surface area (Å²) in [5, 5.41) is 12.1. The first-order valence-corrected chi connectivity index (χ1v) is 10.7. The molecule has 0 aliphatic rings. The third kappa shape index (κ3) is 7.98. The van der Waals surface area contributed by atoms with E-state index in [1.54, 1.807) is 43.4 Å². The summed E-state index contributed by atoms with van der Waals surface area (Å²) in [4.78, 5) is 30.2. The Balaban J connectivity index is 2.28. The van der Waals surface area contributed by atoms with Crippen molar-refractivity contribution in [1.29, 1.82) is 0 Å². The number of carbonyl (C=O) groups excluding carboxylic acids is 2. The predicted octanol–water partition coefficient (Wildman–Crippen LogP) is 2.76. The second-order valence-corrected chi connectivity index (χ2v) is 8.54. The number of rotatable bonds is 11. The van der Waals surface area contributed by atoms with E-state index in [1.807, 2.05) is 0 Å². The van der Waals surface area contributed by atoms with Crippen LogP contribution in [0.15, 0.2) is 42.5 Å². The molecule has 0 radical (unpaired) electrons. The third-order valence-electron chi connectivity index (χ3n) is 4.60. The minimum atomic E-state index is -1.10. The van der Waals surface area contributed by atoms with Crippen LogP contribution in [0.4, 0.5) is 10.1 Å². The summed E-state index contributed by atoms with van der Waals surface area (Å²) < 4.78 is 24.8. The summed E-state index contributed by atoms with van der Waals surface area (Å²) in [6, 6.07) is 9.84. The van der Waals surface area contributed by atoms with Crippen molar-refractivity contribution in [2.24, 2.45) is 5.73 Å². The molecule has 9 nitrogen and oxygen atoms in total. The molecule has 2 aromatic rings. The van der Waals surface area contributed by atoms with E-state index in [-0.39, 0.29) is 30.2 Å². The van der Waals surface area contributed by atoms with Crippen molar-refractivity contribution < 1.29 is 33.0 Å². The minimum Gasteiger partial charge on any atom is -0.460 e. The second kappa shape index (κ2) is 12.0. The molecule has 2 atom stereocenters. The molecule has 0 heterocycles. The van der Waals surface area contributed by atoms with Gasteiger partial charge >= 0.3 is 5.97 Å². The number of halogens is 1. The van der Waals surface area contributed by atoms with Crippen molar-refractivity contribution in [3.8, 4) is 0 Å². The van der Waals surface area contributed by atoms with Crippen LogP contribution in [0.5, 0.6) is 0 Å². The van der Waals surface area contributed by atoms with Crippen LogP contribution in [0, 0.1) is 5.82 Å². The van der Waals surface area contributed by atoms with Gasteiger partial charge in [-0.25, -0.2) is 14.1 Å². The molecule has 0 spiro atoms. The lowest BCUT2D eigenvalue weighted by Gasteiger charge is -2.22. The van der Waals surface area contributed by atoms with E-state index in [4.69, 9.17) is 14.8 Å². The van der Waals surface area contributed by atoms with Crippen LogP contribution in [0.1, 0.15) is 46.2 Å². The average Bonchev–Trinajstić information content (AvgIpc) is 2.81. The maximum Gasteiger partial charge on any atom is 0.338 e. The molecule has 0 saturated carbocycles. The first-order chi connectivity index (χ1) is 15.6. The van der Waals surface area contributed by atoms with Crippen molar-refractivity contribution in [3.63, 3.8) is 0 Å². The Bertz CT molecular complexity index is 958. The second-order valence-electron chi connectivity index (χ2n) is 7.71. The van der Waals surface area contributed by atoms with Crippen molar-refractivity contribution in [2.75, 3.05) is 31.7 Å². The topological polar surface area (TPSA) is 123 Å². The summed E-state index contributed by atoms with van der Waals surface area (Å²) in [5.74, 6) is -1.54. The Hall–Kier alpha value is -2.70. The molecule has 0 saturated heterocycles. The number of nitrogens with one attached hydrogen (secondary N) is 1. The van der Waals surface area contributed by atoms with E-state index in [1.165, 1.54) is 31.4 Å². The number of hydrogen-bond acceptors (Lipinski definition) is 9. The van der Waals surface area contributed by atoms with Gasteiger partial charge in [0.1, 0.15) is 12.4 Å². The van der Waals surface area contributed by atoms with Gasteiger partial charge in [0.15, 0.2) is 12.2 Å². The van der Waals surface area contributed by atoms with Gasteiger partial charge in [-0.1, -0.05) is 12.1 Å². The molecule has 33 heavy (non-hydrogen) atoms. The minimum absolute atomic E-state index is 0.102. The number of hydrogen-bond donors (Lipinski definition) is 3. The van der Waals surface area contributed by atoms with Crippen LogP contribution in [0.25, 0.3) is 0 Å². The van der Waals surface area contributed by atoms with E-state index >= 15 is 0 Å². The lowest BCUT2D eigenvalue weighted by Crippen LogP contribution is -2.45. The highest BCUT2D eigenvalue weighted by atomic mass is 32.2. The molecular formula is C22H28FN3O6S. The van der Waals surface area contributed by atoms with Gasteiger partial charge in [0.05, 0.1) is 36.5 Å². The molecule has 0 fully saturated rings. The number of esters is 1. The van der Waals surface area contributed by atoms with E-state index in [0.29, 0.717) is 11.3 Å². The standard InChI is InChI=1S/C22H28FN3O6S/c1-14(15-5-7-18(23)8-6-15)25-20(28)16-9-17(21(29)31-13-22(2,24)12-27)11-19(10-16)26(3)33-32-30-4/h5-11,14,27H,12-13,24H2,1-4H3,(H,25,28)/t14-,22?/m1/s1. The maximum absolute atomic E-state index is 13.2. The fourth-order valence-electron chi connectivity index (χ4n) is 2.64. The van der Waals surface area contributed by atoms with Crippen molar-refractivity contribution in [3.05, 3.63) is 65.0 Å². The van der Waals surface area contributed by atoms with Crippen LogP contribution in [-0.4, -0.2) is 49.9 Å². The fraction of sp³-hybridized carbons (Fsp3) is 0.364. The third-order valence-corrected chi connectivity index (χ3v) is 5.23. The Morgan fingerprint density at radius 3 is 2.48 bits per heavy atom. The summed E-state index contributed by atoms with van der Waals surface area (Å²) in [5.41, 5.74) is 6.19. The fourth-order valence-corrected chi connectivity index (χ4v) is 2.98. The van der Waals surface area contributed by atoms with Crippen molar-refractivity contribution >= 4 is 29.8 Å². The molecule has 2 aromatic carbocycles. The summed E-state index contributed by atoms with van der Waals surface area (Å²) >= 11 is 0.842. The number of benzene rings is 2. The number of nitrogens with two attached hydrogens (primary N) is 1. The highest BCUT2D eigenvalue weighted by Crippen LogP contribution is 2.25. The molecule has 1 amide bonds. The zero-order chi connectivity index (χ0) is 24.6. The first-order valence-electron chi connectivity index (χ1n) is 9.96. The largest absolute Gasteiger partial charge is 0.460 e. The summed E-state index contributed by atoms with van der Waals surface area (Å²) in [6.45, 7) is 2.71. The number of aliphatic hydroxyl groups excluding tert-OH is 1. The molecule has 180 valence electrons. The molecule has 4 N–H and O–H groups in total. The van der Waals surface area contributed by atoms with E-state index < -0.39 is 23.5 Å². The van der Waals surface area contributed by atoms with Gasteiger partial charge in [0, 0.05) is 12.6 Å². The number of carbonyl (C=O) groups is 2. The zero-order valence-corrected chi connectivity index (χ0v) is 19.6. The van der Waals surface area contributed by atoms with E-state index in [0.717, 1.165) is 12.2 Å². The number of aliphatic hydroxyl groups is 1. The van der Waals surface area contributed by atoms with Crippen LogP contribution < -0.4 is 15.4 Å². The number of nitrogens with zero attached hydrogens (tertiary/aromatic N) is 1. The molecule has 0 aliphatic heterocycles. The molecule has 11 heteroatoms. The summed E-state index contributed by atoms with van der Waals surface area (Å²) in [6.07, 6.45) is 0. The Labute approximate surface area is 196 Å². The quantitative estimate of drug-likeness (QED) is 0.146. The van der Waals surface area contributed by atoms with Crippen molar-refractivity contribution in [2.45, 2.75) is 25.4 Å². The van der Waals surface area contributed by atoms with Gasteiger partial charge < -0.3 is 20.9 Å². The van der Waals surface area contributed by atoms with Crippen LogP contribution in [-0.2, 0) is 14.0 Å². The SMILES string of the molecule is COOSN(C)c1cc(C(=O)N[C@H](C)c2ccc(F)cc2)cc(C(=O)OCC(C)(N)CO)c1. The van der Waals surface area contributed by atoms with Gasteiger partial charge in [0.25, 0.3) is 5.91 Å². The lowest BCUT2D eigenvalue weighted by molar-refractivity contribution is -0.160. The van der Waals surface area contributed by atoms with Gasteiger partial charge in [-0.2, -0.15) is 0 Å². The lowest BCUT2D eigenvalue weighted by atomic mass is 10.1. The van der Waals surface area contributed by atoms with Gasteiger partial charge in [-0.15, -0.1) is 4.33 Å². The van der Waals surface area contributed by atoms with Crippen molar-refractivity contribution in [1.82, 2.24) is 5.32 Å². The monoisotopic (exact) mass is 481 g/mol. The highest BCUT2D eigenvalue weighted by Gasteiger charge is 2.22. The highest BCUT2D eigenvalue weighted by molar-refractivity contribution is 7.95. The van der Waals surface area contributed by atoms with E-state index in [9.17, 15) is 19.1 Å². The number of anilines is 1.